The molecule has 0 radical (unpaired) electrons. The van der Waals surface area contributed by atoms with Gasteiger partial charge in [0.2, 0.25) is 0 Å². The summed E-state index contributed by atoms with van der Waals surface area (Å²) in [7, 11) is 0. The molecule has 1 fully saturated rings. The van der Waals surface area contributed by atoms with Crippen LogP contribution in [-0.4, -0.2) is 12.2 Å². The third-order valence-electron chi connectivity index (χ3n) is 1.59. The molecule has 62 valence electrons. The zero-order chi connectivity index (χ0) is 8.43. The molecule has 1 aliphatic rings. The summed E-state index contributed by atoms with van der Waals surface area (Å²) in [4.78, 5) is 10.7. The number of amides is 1. The number of hydrogen-bond donors (Lipinski definition) is 1. The van der Waals surface area contributed by atoms with E-state index in [0.29, 0.717) is 11.6 Å². The van der Waals surface area contributed by atoms with Gasteiger partial charge < -0.3 is 4.74 Å². The second-order valence-electron chi connectivity index (χ2n) is 3.17. The van der Waals surface area contributed by atoms with E-state index in [1.165, 1.54) is 0 Å². The fraction of sp³-hybridized carbons (Fsp3) is 0.625. The fourth-order valence-electron chi connectivity index (χ4n) is 1.06. The lowest BCUT2D eigenvalue weighted by molar-refractivity contribution is 0.134. The topological polar surface area (TPSA) is 38.3 Å². The molecule has 1 heterocycles. The van der Waals surface area contributed by atoms with Gasteiger partial charge in [0.1, 0.15) is 6.10 Å². The Balaban J connectivity index is 2.47. The van der Waals surface area contributed by atoms with Crippen molar-refractivity contribution >= 4 is 6.09 Å². The van der Waals surface area contributed by atoms with E-state index in [2.05, 4.69) is 25.7 Å². The molecule has 0 aliphatic carbocycles. The Labute approximate surface area is 66.4 Å². The van der Waals surface area contributed by atoms with Crippen molar-refractivity contribution in [1.82, 2.24) is 5.32 Å². The Kier molecular flexibility index (Phi) is 2.17. The van der Waals surface area contributed by atoms with Gasteiger partial charge in [0.15, 0.2) is 0 Å². The van der Waals surface area contributed by atoms with Crippen molar-refractivity contribution in [2.75, 3.05) is 0 Å². The van der Waals surface area contributed by atoms with Crippen LogP contribution in [0.4, 0.5) is 4.79 Å². The first kappa shape index (κ1) is 8.11. The molecule has 1 rings (SSSR count). The van der Waals surface area contributed by atoms with Crippen LogP contribution in [0.3, 0.4) is 0 Å². The maximum Gasteiger partial charge on any atom is 0.412 e. The maximum absolute atomic E-state index is 10.7. The van der Waals surface area contributed by atoms with Gasteiger partial charge in [-0.3, -0.25) is 5.32 Å². The van der Waals surface area contributed by atoms with Gasteiger partial charge in [-0.25, -0.2) is 4.79 Å². The average Bonchev–Trinajstić information content (AvgIpc) is 2.09. The Morgan fingerprint density at radius 3 is 2.73 bits per heavy atom. The van der Waals surface area contributed by atoms with Crippen LogP contribution in [0.2, 0.25) is 0 Å². The van der Waals surface area contributed by atoms with E-state index in [-0.39, 0.29) is 12.2 Å². The quantitative estimate of drug-likeness (QED) is 0.658. The largest absolute Gasteiger partial charge is 0.440 e. The molecule has 1 amide bonds. The van der Waals surface area contributed by atoms with Crippen molar-refractivity contribution in [2.45, 2.75) is 26.4 Å². The lowest BCUT2D eigenvalue weighted by atomic mass is 10.0. The van der Waals surface area contributed by atoms with E-state index in [0.717, 1.165) is 6.42 Å². The number of cyclic esters (lactones) is 1. The SMILES string of the molecule is C=C1NC(=O)OC1CC(C)C. The molecule has 1 unspecified atom stereocenters. The molecular weight excluding hydrogens is 142 g/mol. The van der Waals surface area contributed by atoms with Gasteiger partial charge in [-0.2, -0.15) is 0 Å². The third-order valence-corrected chi connectivity index (χ3v) is 1.59. The van der Waals surface area contributed by atoms with E-state index >= 15 is 0 Å². The second kappa shape index (κ2) is 2.95. The monoisotopic (exact) mass is 155 g/mol. The molecular formula is C8H13NO2. The lowest BCUT2D eigenvalue weighted by Gasteiger charge is -2.10. The Hall–Kier alpha value is -0.990. The van der Waals surface area contributed by atoms with Crippen LogP contribution >= 0.6 is 0 Å². The zero-order valence-electron chi connectivity index (χ0n) is 6.89. The summed E-state index contributed by atoms with van der Waals surface area (Å²) < 4.78 is 4.93. The molecule has 1 N–H and O–H groups in total. The fourth-order valence-corrected chi connectivity index (χ4v) is 1.06. The maximum atomic E-state index is 10.7. The van der Waals surface area contributed by atoms with Crippen LogP contribution in [-0.2, 0) is 4.74 Å². The van der Waals surface area contributed by atoms with Crippen LogP contribution in [0.1, 0.15) is 20.3 Å². The lowest BCUT2D eigenvalue weighted by Crippen LogP contribution is -2.12. The zero-order valence-corrected chi connectivity index (χ0v) is 6.89. The first-order valence-corrected chi connectivity index (χ1v) is 3.76. The average molecular weight is 155 g/mol. The van der Waals surface area contributed by atoms with Crippen molar-refractivity contribution in [1.29, 1.82) is 0 Å². The first-order valence-electron chi connectivity index (χ1n) is 3.76. The highest BCUT2D eigenvalue weighted by Gasteiger charge is 2.26. The number of hydrogen-bond acceptors (Lipinski definition) is 2. The number of carbonyl (C=O) groups is 1. The Bertz CT molecular complexity index is 187. The highest BCUT2D eigenvalue weighted by Crippen LogP contribution is 2.18. The predicted molar refractivity (Wildman–Crippen MR) is 42.0 cm³/mol. The summed E-state index contributed by atoms with van der Waals surface area (Å²) in [6, 6.07) is 0. The van der Waals surface area contributed by atoms with E-state index in [9.17, 15) is 4.79 Å². The normalized spacial score (nSPS) is 23.7. The molecule has 3 heteroatoms. The second-order valence-corrected chi connectivity index (χ2v) is 3.17. The molecule has 11 heavy (non-hydrogen) atoms. The van der Waals surface area contributed by atoms with Gasteiger partial charge in [0.25, 0.3) is 0 Å². The van der Waals surface area contributed by atoms with Gasteiger partial charge in [0.05, 0.1) is 5.70 Å². The minimum absolute atomic E-state index is 0.123. The third kappa shape index (κ3) is 1.97. The summed E-state index contributed by atoms with van der Waals surface area (Å²) in [6.07, 6.45) is 0.348. The summed E-state index contributed by atoms with van der Waals surface area (Å²) >= 11 is 0. The summed E-state index contributed by atoms with van der Waals surface area (Å²) in [6.45, 7) is 7.85. The first-order chi connectivity index (χ1) is 5.09. The summed E-state index contributed by atoms with van der Waals surface area (Å²) in [5, 5.41) is 2.52. The molecule has 0 aromatic rings. The van der Waals surface area contributed by atoms with Crippen molar-refractivity contribution in [2.24, 2.45) is 5.92 Å². The highest BCUT2D eigenvalue weighted by molar-refractivity contribution is 5.73. The van der Waals surface area contributed by atoms with Crippen molar-refractivity contribution in [3.8, 4) is 0 Å². The van der Waals surface area contributed by atoms with E-state index < -0.39 is 0 Å². The van der Waals surface area contributed by atoms with E-state index in [1.807, 2.05) is 0 Å². The van der Waals surface area contributed by atoms with Gasteiger partial charge in [-0.05, 0) is 12.3 Å². The molecule has 1 aliphatic heterocycles. The number of nitrogens with one attached hydrogen (secondary N) is 1. The van der Waals surface area contributed by atoms with Crippen LogP contribution in [0.15, 0.2) is 12.3 Å². The predicted octanol–water partition coefficient (Wildman–Crippen LogP) is 1.65. The Morgan fingerprint density at radius 2 is 2.36 bits per heavy atom. The number of rotatable bonds is 2. The summed E-state index contributed by atoms with van der Waals surface area (Å²) in [5.74, 6) is 0.518. The number of ether oxygens (including phenoxy) is 1. The minimum atomic E-state index is -0.374. The molecule has 0 aromatic heterocycles. The van der Waals surface area contributed by atoms with Crippen molar-refractivity contribution < 1.29 is 9.53 Å². The van der Waals surface area contributed by atoms with Crippen LogP contribution in [0.25, 0.3) is 0 Å². The molecule has 1 saturated heterocycles. The van der Waals surface area contributed by atoms with E-state index in [4.69, 9.17) is 4.74 Å². The van der Waals surface area contributed by atoms with Gasteiger partial charge in [-0.1, -0.05) is 20.4 Å². The van der Waals surface area contributed by atoms with Crippen molar-refractivity contribution in [3.63, 3.8) is 0 Å². The number of alkyl carbamates (subject to hydrolysis) is 1. The van der Waals surface area contributed by atoms with E-state index in [1.54, 1.807) is 0 Å². The molecule has 1 atom stereocenters. The van der Waals surface area contributed by atoms with Crippen LogP contribution in [0.5, 0.6) is 0 Å². The van der Waals surface area contributed by atoms with Gasteiger partial charge in [0, 0.05) is 0 Å². The van der Waals surface area contributed by atoms with Gasteiger partial charge in [-0.15, -0.1) is 0 Å². The number of carbonyl (C=O) groups excluding carboxylic acids is 1. The standard InChI is InChI=1S/C8H13NO2/c1-5(2)4-7-6(3)9-8(10)11-7/h5,7H,3-4H2,1-2H3,(H,9,10). The highest BCUT2D eigenvalue weighted by atomic mass is 16.6. The molecule has 0 aromatic carbocycles. The van der Waals surface area contributed by atoms with Crippen LogP contribution in [0, 0.1) is 5.92 Å². The molecule has 0 saturated carbocycles. The van der Waals surface area contributed by atoms with Gasteiger partial charge >= 0.3 is 6.09 Å². The summed E-state index contributed by atoms with van der Waals surface area (Å²) in [5.41, 5.74) is 0.684. The molecule has 3 nitrogen and oxygen atoms in total. The molecule has 0 spiro atoms. The molecule has 0 bridgehead atoms. The smallest absolute Gasteiger partial charge is 0.412 e. The van der Waals surface area contributed by atoms with Crippen LogP contribution < -0.4 is 5.32 Å². The Morgan fingerprint density at radius 1 is 1.73 bits per heavy atom. The minimum Gasteiger partial charge on any atom is -0.440 e. The van der Waals surface area contributed by atoms with Crippen molar-refractivity contribution in [3.05, 3.63) is 12.3 Å².